The maximum atomic E-state index is 12.2. The number of amides is 1. The van der Waals surface area contributed by atoms with E-state index in [-0.39, 0.29) is 17.4 Å². The minimum absolute atomic E-state index is 0.164. The van der Waals surface area contributed by atoms with Gasteiger partial charge in [0, 0.05) is 5.56 Å². The van der Waals surface area contributed by atoms with Gasteiger partial charge < -0.3 is 14.9 Å². The molecule has 0 aliphatic carbocycles. The van der Waals surface area contributed by atoms with Crippen LogP contribution in [-0.2, 0) is 0 Å². The average Bonchev–Trinajstić information content (AvgIpc) is 2.68. The molecule has 0 aliphatic heterocycles. The van der Waals surface area contributed by atoms with Gasteiger partial charge in [-0.2, -0.15) is 5.10 Å². The van der Waals surface area contributed by atoms with Crippen LogP contribution in [0.2, 0.25) is 0 Å². The van der Waals surface area contributed by atoms with E-state index in [0.29, 0.717) is 24.2 Å². The fourth-order valence-electron chi connectivity index (χ4n) is 2.21. The number of ether oxygens (including phenoxy) is 1. The Balaban J connectivity index is 1.61. The molecule has 142 valence electrons. The zero-order chi connectivity index (χ0) is 20.1. The van der Waals surface area contributed by atoms with E-state index in [0.717, 1.165) is 5.56 Å². The highest BCUT2D eigenvalue weighted by Crippen LogP contribution is 2.27. The molecule has 0 bridgehead atoms. The van der Waals surface area contributed by atoms with Crippen LogP contribution < -0.4 is 10.2 Å². The Morgan fingerprint density at radius 1 is 0.929 bits per heavy atom. The van der Waals surface area contributed by atoms with Crippen LogP contribution in [-0.4, -0.2) is 22.3 Å². The van der Waals surface area contributed by atoms with Gasteiger partial charge in [0.25, 0.3) is 5.91 Å². The number of nitrogens with one attached hydrogen (secondary N) is 1. The monoisotopic (exact) mass is 600 g/mol. The second kappa shape index (κ2) is 9.24. The van der Waals surface area contributed by atoms with Gasteiger partial charge in [-0.1, -0.05) is 0 Å². The van der Waals surface area contributed by atoms with Crippen molar-refractivity contribution >= 4 is 57.3 Å². The highest BCUT2D eigenvalue weighted by molar-refractivity contribution is 14.1. The van der Waals surface area contributed by atoms with Crippen molar-refractivity contribution in [3.05, 3.63) is 78.9 Å². The van der Waals surface area contributed by atoms with E-state index in [1.165, 1.54) is 18.3 Å². The molecule has 6 nitrogen and oxygen atoms in total. The molecule has 3 rings (SSSR count). The minimum atomic E-state index is -0.351. The van der Waals surface area contributed by atoms with E-state index >= 15 is 0 Å². The summed E-state index contributed by atoms with van der Waals surface area (Å²) in [5.74, 6) is 1.20. The topological polar surface area (TPSA) is 91.2 Å². The van der Waals surface area contributed by atoms with E-state index in [9.17, 15) is 15.0 Å². The summed E-state index contributed by atoms with van der Waals surface area (Å²) in [5, 5.41) is 23.0. The van der Waals surface area contributed by atoms with Gasteiger partial charge >= 0.3 is 0 Å². The van der Waals surface area contributed by atoms with Gasteiger partial charge in [-0.05, 0) is 111 Å². The Morgan fingerprint density at radius 3 is 2.04 bits per heavy atom. The summed E-state index contributed by atoms with van der Waals surface area (Å²) in [6, 6.07) is 16.5. The summed E-state index contributed by atoms with van der Waals surface area (Å²) >= 11 is 4.07. The maximum Gasteiger partial charge on any atom is 0.271 e. The third kappa shape index (κ3) is 5.35. The van der Waals surface area contributed by atoms with Gasteiger partial charge in [0.15, 0.2) is 0 Å². The quantitative estimate of drug-likeness (QED) is 0.222. The Morgan fingerprint density at radius 2 is 1.46 bits per heavy atom. The van der Waals surface area contributed by atoms with Crippen LogP contribution >= 0.6 is 45.2 Å². The molecule has 0 radical (unpaired) electrons. The number of carbonyl (C=O) groups is 1. The van der Waals surface area contributed by atoms with Crippen LogP contribution in [0.5, 0.6) is 23.0 Å². The lowest BCUT2D eigenvalue weighted by molar-refractivity contribution is 0.0955. The number of hydrogen-bond donors (Lipinski definition) is 3. The molecular weight excluding hydrogens is 586 g/mol. The molecule has 0 spiro atoms. The van der Waals surface area contributed by atoms with Crippen molar-refractivity contribution in [1.82, 2.24) is 5.43 Å². The van der Waals surface area contributed by atoms with Gasteiger partial charge in [-0.3, -0.25) is 4.79 Å². The number of rotatable bonds is 5. The summed E-state index contributed by atoms with van der Waals surface area (Å²) in [6.07, 6.45) is 1.52. The van der Waals surface area contributed by atoms with Crippen molar-refractivity contribution in [2.75, 3.05) is 0 Å². The summed E-state index contributed by atoms with van der Waals surface area (Å²) in [7, 11) is 0. The van der Waals surface area contributed by atoms with Gasteiger partial charge in [0.1, 0.15) is 23.0 Å². The molecular formula is C20H14I2N2O4. The van der Waals surface area contributed by atoms with E-state index in [1.54, 1.807) is 48.5 Å². The number of phenols is 2. The fraction of sp³-hybridized carbons (Fsp3) is 0. The van der Waals surface area contributed by atoms with Crippen molar-refractivity contribution in [3.8, 4) is 23.0 Å². The number of carbonyl (C=O) groups excluding carboxylic acids is 1. The van der Waals surface area contributed by atoms with E-state index in [2.05, 4.69) is 10.5 Å². The highest BCUT2D eigenvalue weighted by atomic mass is 127. The van der Waals surface area contributed by atoms with Crippen LogP contribution in [0.4, 0.5) is 0 Å². The molecule has 0 aromatic heterocycles. The largest absolute Gasteiger partial charge is 0.508 e. The Hall–Kier alpha value is -2.34. The molecule has 0 saturated carbocycles. The first-order valence-electron chi connectivity index (χ1n) is 8.01. The Labute approximate surface area is 188 Å². The van der Waals surface area contributed by atoms with Crippen molar-refractivity contribution in [2.24, 2.45) is 5.10 Å². The first-order valence-corrected chi connectivity index (χ1v) is 10.2. The van der Waals surface area contributed by atoms with Crippen LogP contribution in [0.15, 0.2) is 65.8 Å². The second-order valence-electron chi connectivity index (χ2n) is 5.65. The molecule has 28 heavy (non-hydrogen) atoms. The van der Waals surface area contributed by atoms with Gasteiger partial charge in [-0.15, -0.1) is 0 Å². The maximum absolute atomic E-state index is 12.2. The van der Waals surface area contributed by atoms with Crippen LogP contribution in [0.1, 0.15) is 15.9 Å². The van der Waals surface area contributed by atoms with Gasteiger partial charge in [0.2, 0.25) is 0 Å². The van der Waals surface area contributed by atoms with Crippen LogP contribution in [0.25, 0.3) is 0 Å². The third-order valence-corrected chi connectivity index (χ3v) is 5.25. The zero-order valence-corrected chi connectivity index (χ0v) is 18.6. The third-order valence-electron chi connectivity index (χ3n) is 3.61. The fourth-order valence-corrected chi connectivity index (χ4v) is 4.03. The average molecular weight is 600 g/mol. The molecule has 0 saturated heterocycles. The molecule has 8 heteroatoms. The molecule has 3 aromatic rings. The Bertz CT molecular complexity index is 996. The summed E-state index contributed by atoms with van der Waals surface area (Å²) in [5.41, 5.74) is 3.67. The molecule has 0 heterocycles. The SMILES string of the molecule is O=C(NN=Cc1cc(I)c(O)c(I)c1)c1ccc(Oc2ccc(O)cc2)cc1. The number of phenolic OH excluding ortho intramolecular Hbond substituents is 2. The molecule has 1 amide bonds. The van der Waals surface area contributed by atoms with Crippen molar-refractivity contribution in [3.63, 3.8) is 0 Å². The van der Waals surface area contributed by atoms with Crippen LogP contribution in [0, 0.1) is 7.14 Å². The van der Waals surface area contributed by atoms with Crippen molar-refractivity contribution in [2.45, 2.75) is 0 Å². The van der Waals surface area contributed by atoms with E-state index < -0.39 is 0 Å². The number of aromatic hydroxyl groups is 2. The lowest BCUT2D eigenvalue weighted by atomic mass is 10.2. The second-order valence-corrected chi connectivity index (χ2v) is 7.98. The molecule has 0 aliphatic rings. The predicted octanol–water partition coefficient (Wildman–Crippen LogP) is 4.86. The summed E-state index contributed by atoms with van der Waals surface area (Å²) in [4.78, 5) is 12.2. The van der Waals surface area contributed by atoms with Crippen molar-refractivity contribution < 1.29 is 19.7 Å². The first-order chi connectivity index (χ1) is 13.4. The van der Waals surface area contributed by atoms with E-state index in [4.69, 9.17) is 4.74 Å². The number of hydrogen-bond acceptors (Lipinski definition) is 5. The smallest absolute Gasteiger partial charge is 0.271 e. The summed E-state index contributed by atoms with van der Waals surface area (Å²) < 4.78 is 7.06. The number of benzene rings is 3. The van der Waals surface area contributed by atoms with Crippen molar-refractivity contribution in [1.29, 1.82) is 0 Å². The molecule has 0 unspecified atom stereocenters. The number of hydrazone groups is 1. The summed E-state index contributed by atoms with van der Waals surface area (Å²) in [6.45, 7) is 0. The lowest BCUT2D eigenvalue weighted by Gasteiger charge is -2.06. The number of halogens is 2. The van der Waals surface area contributed by atoms with Gasteiger partial charge in [0.05, 0.1) is 13.4 Å². The Kier molecular flexibility index (Phi) is 6.73. The molecule has 3 aromatic carbocycles. The van der Waals surface area contributed by atoms with Crippen LogP contribution in [0.3, 0.4) is 0 Å². The van der Waals surface area contributed by atoms with Gasteiger partial charge in [-0.25, -0.2) is 5.43 Å². The molecule has 0 fully saturated rings. The predicted molar refractivity (Wildman–Crippen MR) is 123 cm³/mol. The lowest BCUT2D eigenvalue weighted by Crippen LogP contribution is -2.17. The molecule has 0 atom stereocenters. The normalized spacial score (nSPS) is 10.8. The minimum Gasteiger partial charge on any atom is -0.508 e. The van der Waals surface area contributed by atoms with E-state index in [1.807, 2.05) is 45.2 Å². The number of nitrogens with zero attached hydrogens (tertiary/aromatic N) is 1. The first kappa shape index (κ1) is 20.4. The highest BCUT2D eigenvalue weighted by Gasteiger charge is 2.06. The molecule has 3 N–H and O–H groups in total. The zero-order valence-electron chi connectivity index (χ0n) is 14.3. The standard InChI is InChI=1S/C20H14I2N2O4/c21-17-9-12(10-18(22)19(17)26)11-23-24-20(27)13-1-5-15(6-2-13)28-16-7-3-14(25)4-8-16/h1-11,25-26H,(H,24,27).